The molecular weight excluding hydrogens is 522 g/mol. The molecule has 12 nitrogen and oxygen atoms in total. The Kier molecular flexibility index (Phi) is 8.82. The molecule has 5 N–H and O–H groups in total. The van der Waals surface area contributed by atoms with E-state index in [1.807, 2.05) is 6.92 Å². The summed E-state index contributed by atoms with van der Waals surface area (Å²) in [6, 6.07) is 8.71. The first-order valence-corrected chi connectivity index (χ1v) is 14.2. The third-order valence-corrected chi connectivity index (χ3v) is 7.99. The summed E-state index contributed by atoms with van der Waals surface area (Å²) in [5.41, 5.74) is 2.06. The number of rotatable bonds is 11. The fraction of sp³-hybridized carbons (Fsp3) is 0.385. The third-order valence-electron chi connectivity index (χ3n) is 6.21. The summed E-state index contributed by atoms with van der Waals surface area (Å²) < 4.78 is 35.0. The summed E-state index contributed by atoms with van der Waals surface area (Å²) in [5.74, 6) is -0.807. The lowest BCUT2D eigenvalue weighted by Gasteiger charge is -2.24. The van der Waals surface area contributed by atoms with Gasteiger partial charge in [0.15, 0.2) is 12.2 Å². The van der Waals surface area contributed by atoms with Crippen LogP contribution in [0.2, 0.25) is 0 Å². The number of sulfonamides is 1. The van der Waals surface area contributed by atoms with Gasteiger partial charge in [-0.05, 0) is 37.1 Å². The average Bonchev–Trinajstić information content (AvgIpc) is 3.57. The van der Waals surface area contributed by atoms with Crippen molar-refractivity contribution in [3.05, 3.63) is 59.3 Å². The smallest absolute Gasteiger partial charge is 0.327 e. The molecule has 0 spiro atoms. The molecular formula is C26H33N7O5S. The van der Waals surface area contributed by atoms with Crippen molar-refractivity contribution in [2.24, 2.45) is 4.99 Å². The first-order chi connectivity index (χ1) is 18.7. The number of aliphatic imine (C=N–C) groups is 1. The predicted octanol–water partition coefficient (Wildman–Crippen LogP) is 1.47. The fourth-order valence-electron chi connectivity index (χ4n) is 4.31. The normalized spacial score (nSPS) is 14.8. The van der Waals surface area contributed by atoms with Gasteiger partial charge in [-0.15, -0.1) is 0 Å². The highest BCUT2D eigenvalue weighted by Gasteiger charge is 2.31. The van der Waals surface area contributed by atoms with E-state index in [1.54, 1.807) is 56.4 Å². The van der Waals surface area contributed by atoms with Crippen molar-refractivity contribution in [1.82, 2.24) is 30.9 Å². The first kappa shape index (κ1) is 28.0. The zero-order chi connectivity index (χ0) is 28.0. The topological polar surface area (TPSA) is 167 Å². The average molecular weight is 556 g/mol. The second-order valence-electron chi connectivity index (χ2n) is 9.29. The molecule has 1 aromatic heterocycles. The van der Waals surface area contributed by atoms with Crippen LogP contribution >= 0.6 is 0 Å². The number of fused-ring (bicyclic) bond motifs is 1. The van der Waals surface area contributed by atoms with Gasteiger partial charge in [-0.2, -0.15) is 9.82 Å². The van der Waals surface area contributed by atoms with Crippen LogP contribution in [-0.2, 0) is 19.6 Å². The molecule has 0 radical (unpaired) electrons. The zero-order valence-electron chi connectivity index (χ0n) is 22.1. The lowest BCUT2D eigenvalue weighted by Crippen LogP contribution is -2.52. The van der Waals surface area contributed by atoms with Crippen molar-refractivity contribution < 1.29 is 22.7 Å². The molecule has 3 aromatic rings. The number of carbonyl (C=O) groups excluding carboxylic acids is 2. The number of hydrogen-bond donors (Lipinski definition) is 5. The highest BCUT2D eigenvalue weighted by molar-refractivity contribution is 7.89. The minimum Gasteiger partial charge on any atom is -0.440 e. The molecule has 13 heteroatoms. The van der Waals surface area contributed by atoms with Crippen LogP contribution in [0.3, 0.4) is 0 Å². The molecule has 2 heterocycles. The molecule has 1 amide bonds. The Hall–Kier alpha value is -3.97. The van der Waals surface area contributed by atoms with Crippen LogP contribution in [0.5, 0.6) is 0 Å². The van der Waals surface area contributed by atoms with Gasteiger partial charge in [-0.3, -0.25) is 19.7 Å². The summed E-state index contributed by atoms with van der Waals surface area (Å²) in [7, 11) is -4.14. The zero-order valence-corrected chi connectivity index (χ0v) is 22.9. The fourth-order valence-corrected chi connectivity index (χ4v) is 5.97. The molecule has 1 aliphatic rings. The van der Waals surface area contributed by atoms with Gasteiger partial charge < -0.3 is 20.7 Å². The largest absolute Gasteiger partial charge is 0.440 e. The molecule has 1 aliphatic heterocycles. The Labute approximate surface area is 227 Å². The van der Waals surface area contributed by atoms with Crippen LogP contribution in [0.25, 0.3) is 10.9 Å². The number of aromatic amines is 1. The number of ether oxygens (including phenoxy) is 1. The highest BCUT2D eigenvalue weighted by Crippen LogP contribution is 2.20. The number of guanidine groups is 1. The van der Waals surface area contributed by atoms with Gasteiger partial charge >= 0.3 is 5.97 Å². The SMILES string of the molecule is CCCC(NC1=NCCN1)OC(=O)C(CNC(=O)c1ccc2cn[nH]c2c1)NS(=O)(=O)c1c(C)cccc1C. The maximum absolute atomic E-state index is 13.4. The van der Waals surface area contributed by atoms with Crippen molar-refractivity contribution in [2.75, 3.05) is 19.6 Å². The second-order valence-corrected chi connectivity index (χ2v) is 10.9. The number of nitrogens with one attached hydrogen (secondary N) is 5. The molecule has 39 heavy (non-hydrogen) atoms. The second kappa shape index (κ2) is 12.3. The Bertz CT molecular complexity index is 1460. The number of esters is 1. The third kappa shape index (κ3) is 6.92. The Morgan fingerprint density at radius 2 is 1.92 bits per heavy atom. The Morgan fingerprint density at radius 3 is 2.62 bits per heavy atom. The van der Waals surface area contributed by atoms with Crippen molar-refractivity contribution in [3.63, 3.8) is 0 Å². The molecule has 2 atom stereocenters. The van der Waals surface area contributed by atoms with Gasteiger partial charge in [0.25, 0.3) is 5.91 Å². The summed E-state index contributed by atoms with van der Waals surface area (Å²) in [6.45, 7) is 6.23. The number of carbonyl (C=O) groups is 2. The van der Waals surface area contributed by atoms with Gasteiger partial charge in [0.05, 0.1) is 23.2 Å². The lowest BCUT2D eigenvalue weighted by atomic mass is 10.1. The van der Waals surface area contributed by atoms with E-state index in [0.717, 1.165) is 5.39 Å². The number of amides is 1. The molecule has 208 valence electrons. The van der Waals surface area contributed by atoms with Gasteiger partial charge in [0.2, 0.25) is 10.0 Å². The number of aryl methyl sites for hydroxylation is 2. The van der Waals surface area contributed by atoms with Gasteiger partial charge in [0.1, 0.15) is 6.04 Å². The van der Waals surface area contributed by atoms with Crippen LogP contribution < -0.4 is 20.7 Å². The molecule has 0 saturated carbocycles. The molecule has 2 unspecified atom stereocenters. The maximum atomic E-state index is 13.4. The van der Waals surface area contributed by atoms with Crippen molar-refractivity contribution in [1.29, 1.82) is 0 Å². The summed E-state index contributed by atoms with van der Waals surface area (Å²) in [6.07, 6.45) is 2.07. The standard InChI is InChI=1S/C26H33N7O5S/c1-4-6-22(31-26-27-11-12-28-26)38-25(35)21(33-39(36,37)23-16(2)7-5-8-17(23)3)15-29-24(34)18-9-10-19-14-30-32-20(19)13-18/h5,7-10,13-14,21-22,33H,4,6,11-12,15H2,1-3H3,(H,29,34)(H,30,32)(H2,27,28,31). The van der Waals surface area contributed by atoms with E-state index < -0.39 is 34.2 Å². The van der Waals surface area contributed by atoms with Crippen LogP contribution in [-0.4, -0.2) is 68.4 Å². The van der Waals surface area contributed by atoms with Gasteiger partial charge in [0, 0.05) is 30.5 Å². The monoisotopic (exact) mass is 555 g/mol. The predicted molar refractivity (Wildman–Crippen MR) is 147 cm³/mol. The Balaban J connectivity index is 1.54. The highest BCUT2D eigenvalue weighted by atomic mass is 32.2. The van der Waals surface area contributed by atoms with Crippen LogP contribution in [0.4, 0.5) is 0 Å². The van der Waals surface area contributed by atoms with Crippen LogP contribution in [0, 0.1) is 13.8 Å². The minimum atomic E-state index is -4.14. The number of H-pyrrole nitrogens is 1. The number of aromatic nitrogens is 2. The van der Waals surface area contributed by atoms with E-state index in [1.165, 1.54) is 0 Å². The Morgan fingerprint density at radius 1 is 1.15 bits per heavy atom. The van der Waals surface area contributed by atoms with Gasteiger partial charge in [-0.25, -0.2) is 8.42 Å². The number of hydrogen-bond acceptors (Lipinski definition) is 9. The van der Waals surface area contributed by atoms with Crippen molar-refractivity contribution >= 4 is 38.8 Å². The van der Waals surface area contributed by atoms with E-state index in [0.29, 0.717) is 54.1 Å². The summed E-state index contributed by atoms with van der Waals surface area (Å²) in [5, 5.41) is 16.4. The summed E-state index contributed by atoms with van der Waals surface area (Å²) in [4.78, 5) is 30.6. The molecule has 0 fully saturated rings. The molecule has 2 aromatic carbocycles. The molecule has 0 saturated heterocycles. The van der Waals surface area contributed by atoms with Crippen molar-refractivity contribution in [2.45, 2.75) is 50.8 Å². The first-order valence-electron chi connectivity index (χ1n) is 12.7. The van der Waals surface area contributed by atoms with Gasteiger partial charge in [-0.1, -0.05) is 37.6 Å². The quantitative estimate of drug-likeness (QED) is 0.175. The van der Waals surface area contributed by atoms with E-state index in [2.05, 4.69) is 35.9 Å². The number of benzene rings is 2. The van der Waals surface area contributed by atoms with E-state index in [-0.39, 0.29) is 11.4 Å². The van der Waals surface area contributed by atoms with E-state index >= 15 is 0 Å². The minimum absolute atomic E-state index is 0.0755. The van der Waals surface area contributed by atoms with Crippen LogP contribution in [0.1, 0.15) is 41.3 Å². The van der Waals surface area contributed by atoms with E-state index in [9.17, 15) is 18.0 Å². The number of nitrogens with zero attached hydrogens (tertiary/aromatic N) is 2. The molecule has 0 bridgehead atoms. The lowest BCUT2D eigenvalue weighted by molar-refractivity contribution is -0.152. The molecule has 0 aliphatic carbocycles. The maximum Gasteiger partial charge on any atom is 0.327 e. The summed E-state index contributed by atoms with van der Waals surface area (Å²) >= 11 is 0. The van der Waals surface area contributed by atoms with E-state index in [4.69, 9.17) is 4.74 Å². The van der Waals surface area contributed by atoms with Crippen LogP contribution in [0.15, 0.2) is 52.5 Å². The van der Waals surface area contributed by atoms with Crippen molar-refractivity contribution in [3.8, 4) is 0 Å². The molecule has 4 rings (SSSR count).